The fraction of sp³-hybridized carbons (Fsp3) is 0.130. The topological polar surface area (TPSA) is 58.9 Å². The average Bonchev–Trinajstić information content (AvgIpc) is 2.73. The molecular formula is C23H19F2NO3. The van der Waals surface area contributed by atoms with Crippen molar-refractivity contribution in [2.75, 3.05) is 0 Å². The summed E-state index contributed by atoms with van der Waals surface area (Å²) in [6.45, 7) is -2.91. The zero-order chi connectivity index (χ0) is 20.6. The predicted molar refractivity (Wildman–Crippen MR) is 107 cm³/mol. The lowest BCUT2D eigenvalue weighted by Gasteiger charge is -2.13. The van der Waals surface area contributed by atoms with Gasteiger partial charge in [0.25, 0.3) is 0 Å². The molecule has 0 aromatic heterocycles. The number of rotatable bonds is 8. The van der Waals surface area contributed by atoms with Crippen LogP contribution >= 0.6 is 0 Å². The lowest BCUT2D eigenvalue weighted by Crippen LogP contribution is -2.23. The van der Waals surface area contributed by atoms with E-state index in [1.807, 2.05) is 60.7 Å². The number of carbonyl (C=O) groups is 1. The summed E-state index contributed by atoms with van der Waals surface area (Å²) in [6.07, 6.45) is 0.119. The van der Waals surface area contributed by atoms with Gasteiger partial charge < -0.3 is 9.84 Å². The van der Waals surface area contributed by atoms with Gasteiger partial charge in [-0.05, 0) is 17.7 Å². The molecule has 3 aromatic rings. The fourth-order valence-corrected chi connectivity index (χ4v) is 2.88. The van der Waals surface area contributed by atoms with E-state index in [0.717, 1.165) is 11.1 Å². The Balaban J connectivity index is 1.91. The molecule has 0 bridgehead atoms. The van der Waals surface area contributed by atoms with Gasteiger partial charge in [-0.15, -0.1) is 0 Å². The standard InChI is InChI=1S/C23H19F2NO3/c24-23(25)29-19-13-11-16(12-14-19)15-20(22(27)28)26-21(17-7-3-1-4-8-17)18-9-5-2-6-10-18/h1-14,20,23H,15H2,(H,27,28)/t20-/m0/s1. The smallest absolute Gasteiger partial charge is 0.387 e. The molecule has 1 atom stereocenters. The van der Waals surface area contributed by atoms with Crippen molar-refractivity contribution in [1.82, 2.24) is 0 Å². The number of benzene rings is 3. The van der Waals surface area contributed by atoms with Crippen LogP contribution in [0.2, 0.25) is 0 Å². The summed E-state index contributed by atoms with van der Waals surface area (Å²) in [5.74, 6) is -1.05. The number of aliphatic carboxylic acids is 1. The Kier molecular flexibility index (Phi) is 6.68. The Morgan fingerprint density at radius 2 is 1.38 bits per heavy atom. The number of ether oxygens (including phenoxy) is 1. The van der Waals surface area contributed by atoms with E-state index < -0.39 is 18.6 Å². The maximum Gasteiger partial charge on any atom is 0.387 e. The number of hydrogen-bond acceptors (Lipinski definition) is 3. The highest BCUT2D eigenvalue weighted by Gasteiger charge is 2.19. The molecule has 1 N–H and O–H groups in total. The monoisotopic (exact) mass is 395 g/mol. The average molecular weight is 395 g/mol. The van der Waals surface area contributed by atoms with Crippen LogP contribution in [0.4, 0.5) is 8.78 Å². The number of aliphatic imine (C=N–C) groups is 1. The van der Waals surface area contributed by atoms with Crippen LogP contribution < -0.4 is 4.74 Å². The molecule has 148 valence electrons. The summed E-state index contributed by atoms with van der Waals surface area (Å²) in [4.78, 5) is 16.4. The van der Waals surface area contributed by atoms with Gasteiger partial charge in [-0.1, -0.05) is 72.8 Å². The summed E-state index contributed by atoms with van der Waals surface area (Å²) in [7, 11) is 0. The maximum absolute atomic E-state index is 12.3. The van der Waals surface area contributed by atoms with Crippen LogP contribution in [0.15, 0.2) is 89.9 Å². The molecule has 3 rings (SSSR count). The molecule has 0 aliphatic heterocycles. The molecule has 0 saturated heterocycles. The van der Waals surface area contributed by atoms with Crippen molar-refractivity contribution >= 4 is 11.7 Å². The van der Waals surface area contributed by atoms with Crippen LogP contribution in [0.25, 0.3) is 0 Å². The van der Waals surface area contributed by atoms with Crippen molar-refractivity contribution in [3.63, 3.8) is 0 Å². The number of halogens is 2. The summed E-state index contributed by atoms with van der Waals surface area (Å²) < 4.78 is 28.9. The molecular weight excluding hydrogens is 376 g/mol. The Hall–Kier alpha value is -3.54. The van der Waals surface area contributed by atoms with E-state index in [1.54, 1.807) is 12.1 Å². The summed E-state index contributed by atoms with van der Waals surface area (Å²) >= 11 is 0. The molecule has 0 fully saturated rings. The maximum atomic E-state index is 12.3. The minimum Gasteiger partial charge on any atom is -0.480 e. The quantitative estimate of drug-likeness (QED) is 0.556. The molecule has 29 heavy (non-hydrogen) atoms. The van der Waals surface area contributed by atoms with Crippen LogP contribution in [0.1, 0.15) is 16.7 Å². The first-order valence-electron chi connectivity index (χ1n) is 8.98. The predicted octanol–water partition coefficient (Wildman–Crippen LogP) is 4.82. The number of carboxylic acid groups (broad SMARTS) is 1. The molecule has 0 aliphatic rings. The first kappa shape index (κ1) is 20.2. The van der Waals surface area contributed by atoms with Gasteiger partial charge >= 0.3 is 12.6 Å². The highest BCUT2D eigenvalue weighted by molar-refractivity contribution is 6.13. The zero-order valence-corrected chi connectivity index (χ0v) is 15.4. The first-order valence-corrected chi connectivity index (χ1v) is 8.98. The highest BCUT2D eigenvalue weighted by atomic mass is 19.3. The number of alkyl halides is 2. The number of hydrogen-bond donors (Lipinski definition) is 1. The van der Waals surface area contributed by atoms with E-state index in [9.17, 15) is 18.7 Å². The summed E-state index contributed by atoms with van der Waals surface area (Å²) in [5, 5.41) is 9.72. The van der Waals surface area contributed by atoms with E-state index in [2.05, 4.69) is 9.73 Å². The highest BCUT2D eigenvalue weighted by Crippen LogP contribution is 2.18. The molecule has 0 saturated carbocycles. The lowest BCUT2D eigenvalue weighted by atomic mass is 10.0. The third kappa shape index (κ3) is 5.72. The van der Waals surface area contributed by atoms with Crippen LogP contribution in [-0.2, 0) is 11.2 Å². The molecule has 0 amide bonds. The van der Waals surface area contributed by atoms with E-state index >= 15 is 0 Å². The third-order valence-electron chi connectivity index (χ3n) is 4.24. The van der Waals surface area contributed by atoms with E-state index in [-0.39, 0.29) is 12.2 Å². The second kappa shape index (κ2) is 9.59. The Morgan fingerprint density at radius 1 is 0.862 bits per heavy atom. The summed E-state index contributed by atoms with van der Waals surface area (Å²) in [5.41, 5.74) is 2.86. The Labute approximate surface area is 167 Å². The fourth-order valence-electron chi connectivity index (χ4n) is 2.88. The van der Waals surface area contributed by atoms with Crippen molar-refractivity contribution in [2.45, 2.75) is 19.1 Å². The van der Waals surface area contributed by atoms with Crippen LogP contribution in [0, 0.1) is 0 Å². The van der Waals surface area contributed by atoms with Gasteiger partial charge in [0.2, 0.25) is 0 Å². The second-order valence-electron chi connectivity index (χ2n) is 6.29. The van der Waals surface area contributed by atoms with Crippen LogP contribution in [0.3, 0.4) is 0 Å². The molecule has 3 aromatic carbocycles. The van der Waals surface area contributed by atoms with Crippen molar-refractivity contribution in [2.24, 2.45) is 4.99 Å². The van der Waals surface area contributed by atoms with E-state index in [0.29, 0.717) is 11.3 Å². The minimum absolute atomic E-state index is 0.0217. The molecule has 0 heterocycles. The van der Waals surface area contributed by atoms with Crippen molar-refractivity contribution in [3.8, 4) is 5.75 Å². The van der Waals surface area contributed by atoms with Crippen LogP contribution in [-0.4, -0.2) is 29.4 Å². The SMILES string of the molecule is O=C(O)[C@H](Cc1ccc(OC(F)F)cc1)N=C(c1ccccc1)c1ccccc1. The van der Waals surface area contributed by atoms with Crippen molar-refractivity contribution in [3.05, 3.63) is 102 Å². The Morgan fingerprint density at radius 3 is 1.83 bits per heavy atom. The van der Waals surface area contributed by atoms with E-state index in [1.165, 1.54) is 12.1 Å². The largest absolute Gasteiger partial charge is 0.480 e. The van der Waals surface area contributed by atoms with Gasteiger partial charge in [-0.25, -0.2) is 4.79 Å². The Bertz CT molecular complexity index is 917. The van der Waals surface area contributed by atoms with Gasteiger partial charge in [-0.3, -0.25) is 4.99 Å². The first-order chi connectivity index (χ1) is 14.0. The van der Waals surface area contributed by atoms with E-state index in [4.69, 9.17) is 0 Å². The van der Waals surface area contributed by atoms with Gasteiger partial charge in [0.05, 0.1) is 5.71 Å². The number of nitrogens with zero attached hydrogens (tertiary/aromatic N) is 1. The zero-order valence-electron chi connectivity index (χ0n) is 15.4. The second-order valence-corrected chi connectivity index (χ2v) is 6.29. The van der Waals surface area contributed by atoms with Crippen LogP contribution in [0.5, 0.6) is 5.75 Å². The normalized spacial score (nSPS) is 11.7. The number of carboxylic acids is 1. The van der Waals surface area contributed by atoms with Gasteiger partial charge in [0.1, 0.15) is 5.75 Å². The van der Waals surface area contributed by atoms with Crippen molar-refractivity contribution < 1.29 is 23.4 Å². The van der Waals surface area contributed by atoms with Gasteiger partial charge in [-0.2, -0.15) is 8.78 Å². The molecule has 4 nitrogen and oxygen atoms in total. The summed E-state index contributed by atoms with van der Waals surface area (Å²) in [6, 6.07) is 23.6. The molecule has 6 heteroatoms. The molecule has 0 spiro atoms. The van der Waals surface area contributed by atoms with Gasteiger partial charge in [0, 0.05) is 17.5 Å². The molecule has 0 radical (unpaired) electrons. The minimum atomic E-state index is -2.91. The molecule has 0 unspecified atom stereocenters. The van der Waals surface area contributed by atoms with Gasteiger partial charge in [0.15, 0.2) is 6.04 Å². The third-order valence-corrected chi connectivity index (χ3v) is 4.24. The molecule has 0 aliphatic carbocycles. The lowest BCUT2D eigenvalue weighted by molar-refractivity contribution is -0.138. The van der Waals surface area contributed by atoms with Crippen molar-refractivity contribution in [1.29, 1.82) is 0 Å².